The maximum absolute atomic E-state index is 12.5. The summed E-state index contributed by atoms with van der Waals surface area (Å²) in [5, 5.41) is 20.1. The van der Waals surface area contributed by atoms with Crippen LogP contribution < -0.4 is 10.6 Å². The van der Waals surface area contributed by atoms with Crippen LogP contribution in [0.25, 0.3) is 11.5 Å². The van der Waals surface area contributed by atoms with Gasteiger partial charge in [-0.05, 0) is 31.5 Å². The predicted molar refractivity (Wildman–Crippen MR) is 128 cm³/mol. The van der Waals surface area contributed by atoms with Gasteiger partial charge in [0.1, 0.15) is 17.2 Å². The Bertz CT molecular complexity index is 1360. The summed E-state index contributed by atoms with van der Waals surface area (Å²) in [7, 11) is 1.76. The van der Waals surface area contributed by atoms with Crippen molar-refractivity contribution >= 4 is 23.5 Å². The fourth-order valence-corrected chi connectivity index (χ4v) is 3.96. The van der Waals surface area contributed by atoms with Crippen LogP contribution in [-0.4, -0.2) is 54.7 Å². The highest BCUT2D eigenvalue weighted by Gasteiger charge is 2.42. The third-order valence-corrected chi connectivity index (χ3v) is 6.16. The zero-order valence-electron chi connectivity index (χ0n) is 19.4. The Morgan fingerprint density at radius 1 is 1.09 bits per heavy atom. The van der Waals surface area contributed by atoms with Gasteiger partial charge >= 0.3 is 0 Å². The lowest BCUT2D eigenvalue weighted by atomic mass is 10.00. The lowest BCUT2D eigenvalue weighted by Gasteiger charge is -2.27. The third-order valence-electron chi connectivity index (χ3n) is 6.16. The molecule has 0 spiro atoms. The highest BCUT2D eigenvalue weighted by atomic mass is 16.5. The van der Waals surface area contributed by atoms with Gasteiger partial charge in [-0.25, -0.2) is 9.97 Å². The van der Waals surface area contributed by atoms with Crippen molar-refractivity contribution in [2.75, 3.05) is 24.3 Å². The number of aromatic nitrogens is 5. The van der Waals surface area contributed by atoms with E-state index in [4.69, 9.17) is 4.52 Å². The second kappa shape index (κ2) is 8.76. The summed E-state index contributed by atoms with van der Waals surface area (Å²) >= 11 is 0. The summed E-state index contributed by atoms with van der Waals surface area (Å²) in [6.45, 7) is 3.73. The summed E-state index contributed by atoms with van der Waals surface area (Å²) in [5.41, 5.74) is 2.09. The molecule has 3 N–H and O–H groups in total. The van der Waals surface area contributed by atoms with E-state index in [9.17, 15) is 9.90 Å². The number of carbonyl (C=O) groups is 1. The Kier molecular flexibility index (Phi) is 5.61. The molecule has 1 amide bonds. The van der Waals surface area contributed by atoms with Crippen LogP contribution in [0.4, 0.5) is 17.6 Å². The molecule has 1 aromatic carbocycles. The van der Waals surface area contributed by atoms with Crippen molar-refractivity contribution in [2.45, 2.75) is 25.4 Å². The van der Waals surface area contributed by atoms with Gasteiger partial charge in [0, 0.05) is 13.2 Å². The Morgan fingerprint density at radius 2 is 1.89 bits per heavy atom. The number of carbonyl (C=O) groups excluding carboxylic acids is 1. The number of aliphatic hydroxyl groups is 1. The molecule has 3 aromatic heterocycles. The second-order valence-corrected chi connectivity index (χ2v) is 8.63. The van der Waals surface area contributed by atoms with E-state index in [-0.39, 0.29) is 24.4 Å². The van der Waals surface area contributed by atoms with E-state index < -0.39 is 11.6 Å². The third kappa shape index (κ3) is 4.06. The molecule has 35 heavy (non-hydrogen) atoms. The molecule has 178 valence electrons. The average molecular weight is 473 g/mol. The average Bonchev–Trinajstić information content (AvgIpc) is 3.46. The van der Waals surface area contributed by atoms with Crippen molar-refractivity contribution in [3.8, 4) is 11.5 Å². The maximum Gasteiger partial charge on any atom is 0.262 e. The Labute approximate surface area is 201 Å². The summed E-state index contributed by atoms with van der Waals surface area (Å²) in [6.07, 6.45) is 2.85. The molecule has 0 fully saturated rings. The van der Waals surface area contributed by atoms with E-state index in [0.717, 1.165) is 5.56 Å². The zero-order chi connectivity index (χ0) is 24.6. The van der Waals surface area contributed by atoms with Gasteiger partial charge in [-0.3, -0.25) is 4.79 Å². The number of hydrogen-bond donors (Lipinski definition) is 3. The van der Waals surface area contributed by atoms with Gasteiger partial charge in [0.15, 0.2) is 6.33 Å². The fourth-order valence-electron chi connectivity index (χ4n) is 3.96. The van der Waals surface area contributed by atoms with Crippen molar-refractivity contribution in [2.24, 2.45) is 0 Å². The van der Waals surface area contributed by atoms with E-state index >= 15 is 0 Å². The van der Waals surface area contributed by atoms with Crippen LogP contribution in [-0.2, 0) is 5.54 Å². The first-order valence-corrected chi connectivity index (χ1v) is 11.0. The van der Waals surface area contributed by atoms with Gasteiger partial charge in [-0.1, -0.05) is 35.5 Å². The SMILES string of the molecule is CN1C(=O)c2ccc(Nc3ncc(-c4ncno4)c(N[C@H](CO)c4ccccc4)n3)nc2C1(C)C. The highest BCUT2D eigenvalue weighted by Crippen LogP contribution is 2.37. The molecular weight excluding hydrogens is 448 g/mol. The van der Waals surface area contributed by atoms with Crippen LogP contribution in [0.5, 0.6) is 0 Å². The topological polar surface area (TPSA) is 142 Å². The predicted octanol–water partition coefficient (Wildman–Crippen LogP) is 3.13. The van der Waals surface area contributed by atoms with Gasteiger partial charge in [-0.2, -0.15) is 9.97 Å². The van der Waals surface area contributed by atoms with Crippen LogP contribution in [0, 0.1) is 0 Å². The molecular formula is C24H24N8O3. The minimum absolute atomic E-state index is 0.0633. The molecule has 0 bridgehead atoms. The lowest BCUT2D eigenvalue weighted by Crippen LogP contribution is -2.35. The number of hydrogen-bond acceptors (Lipinski definition) is 10. The van der Waals surface area contributed by atoms with Crippen LogP contribution in [0.2, 0.25) is 0 Å². The number of amides is 1. The molecule has 11 nitrogen and oxygen atoms in total. The van der Waals surface area contributed by atoms with E-state index in [2.05, 4.69) is 35.7 Å². The number of benzene rings is 1. The van der Waals surface area contributed by atoms with Crippen molar-refractivity contribution in [1.82, 2.24) is 30.0 Å². The molecule has 1 aliphatic rings. The molecule has 0 saturated heterocycles. The Hall–Kier alpha value is -4.38. The summed E-state index contributed by atoms with van der Waals surface area (Å²) in [4.78, 5) is 32.0. The fraction of sp³-hybridized carbons (Fsp3) is 0.250. The molecule has 0 aliphatic carbocycles. The maximum atomic E-state index is 12.5. The molecule has 11 heteroatoms. The van der Waals surface area contributed by atoms with Gasteiger partial charge in [0.2, 0.25) is 5.95 Å². The molecule has 4 aromatic rings. The smallest absolute Gasteiger partial charge is 0.262 e. The van der Waals surface area contributed by atoms with Crippen molar-refractivity contribution < 1.29 is 14.4 Å². The van der Waals surface area contributed by atoms with Crippen LogP contribution in [0.3, 0.4) is 0 Å². The van der Waals surface area contributed by atoms with Gasteiger partial charge in [0.25, 0.3) is 11.8 Å². The van der Waals surface area contributed by atoms with E-state index in [1.807, 2.05) is 44.2 Å². The Morgan fingerprint density at radius 3 is 2.60 bits per heavy atom. The van der Waals surface area contributed by atoms with Gasteiger partial charge < -0.3 is 25.2 Å². The number of pyridine rings is 1. The van der Waals surface area contributed by atoms with Crippen LogP contribution in [0.1, 0.15) is 41.5 Å². The number of anilines is 3. The van der Waals surface area contributed by atoms with Crippen molar-refractivity contribution in [3.63, 3.8) is 0 Å². The normalized spacial score (nSPS) is 15.1. The number of nitrogens with one attached hydrogen (secondary N) is 2. The van der Waals surface area contributed by atoms with Gasteiger partial charge in [-0.15, -0.1) is 0 Å². The molecule has 0 radical (unpaired) electrons. The molecule has 4 heterocycles. The monoisotopic (exact) mass is 472 g/mol. The van der Waals surface area contributed by atoms with Gasteiger partial charge in [0.05, 0.1) is 29.4 Å². The second-order valence-electron chi connectivity index (χ2n) is 8.63. The lowest BCUT2D eigenvalue weighted by molar-refractivity contribution is 0.0688. The van der Waals surface area contributed by atoms with Crippen molar-refractivity contribution in [1.29, 1.82) is 0 Å². The summed E-state index contributed by atoms with van der Waals surface area (Å²) < 4.78 is 5.22. The van der Waals surface area contributed by atoms with E-state index in [0.29, 0.717) is 28.5 Å². The first-order chi connectivity index (χ1) is 16.9. The number of nitrogens with zero attached hydrogens (tertiary/aromatic N) is 6. The summed E-state index contributed by atoms with van der Waals surface area (Å²) in [6, 6.07) is 12.6. The number of fused-ring (bicyclic) bond motifs is 1. The van der Waals surface area contributed by atoms with E-state index in [1.165, 1.54) is 6.33 Å². The minimum Gasteiger partial charge on any atom is -0.394 e. The number of rotatable bonds is 7. The highest BCUT2D eigenvalue weighted by molar-refractivity contribution is 5.99. The van der Waals surface area contributed by atoms with Crippen LogP contribution in [0.15, 0.2) is 59.5 Å². The van der Waals surface area contributed by atoms with Crippen LogP contribution >= 0.6 is 0 Å². The molecule has 0 unspecified atom stereocenters. The first kappa shape index (κ1) is 22.4. The minimum atomic E-state index is -0.538. The molecule has 1 aliphatic heterocycles. The first-order valence-electron chi connectivity index (χ1n) is 11.0. The largest absolute Gasteiger partial charge is 0.394 e. The molecule has 1 atom stereocenters. The zero-order valence-corrected chi connectivity index (χ0v) is 19.4. The Balaban J connectivity index is 1.49. The van der Waals surface area contributed by atoms with E-state index in [1.54, 1.807) is 30.3 Å². The molecule has 0 saturated carbocycles. The quantitative estimate of drug-likeness (QED) is 0.367. The number of aliphatic hydroxyl groups excluding tert-OH is 1. The molecule has 5 rings (SSSR count). The van der Waals surface area contributed by atoms with Crippen molar-refractivity contribution in [3.05, 3.63) is 71.8 Å². The summed E-state index contributed by atoms with van der Waals surface area (Å²) in [5.74, 6) is 1.34. The standard InChI is InChI=1S/C24H24N8O3/c1-24(2)19-15(22(34)32(24)3)9-10-18(29-19)30-23-25-11-16(21-26-13-27-35-21)20(31-23)28-17(12-33)14-7-5-4-6-8-14/h4-11,13,17,33H,12H2,1-3H3,(H2,25,28,29,30,31)/t17-/m1/s1.